The summed E-state index contributed by atoms with van der Waals surface area (Å²) in [5.74, 6) is 1.77. The lowest BCUT2D eigenvalue weighted by atomic mass is 10.1. The van der Waals surface area contributed by atoms with Gasteiger partial charge in [0.1, 0.15) is 11.7 Å². The van der Waals surface area contributed by atoms with Gasteiger partial charge in [-0.3, -0.25) is 0 Å². The topological polar surface area (TPSA) is 46.5 Å². The molecule has 0 saturated carbocycles. The number of aliphatic hydroxyl groups excluding tert-OH is 1. The molecule has 0 aliphatic rings. The van der Waals surface area contributed by atoms with E-state index in [4.69, 9.17) is 11.2 Å². The standard InChI is InChI=1S/C14H16O3/c1-5-12(15)10-7-6-8-11(9-10)13(16)17-14(2,3)4/h1,6-9,12,15H,2-4H3. The molecule has 1 aromatic rings. The molecule has 0 aromatic heterocycles. The highest BCUT2D eigenvalue weighted by molar-refractivity contribution is 5.89. The van der Waals surface area contributed by atoms with E-state index in [-0.39, 0.29) is 0 Å². The van der Waals surface area contributed by atoms with Gasteiger partial charge in [0.2, 0.25) is 0 Å². The summed E-state index contributed by atoms with van der Waals surface area (Å²) in [5, 5.41) is 9.48. The first-order valence-electron chi connectivity index (χ1n) is 5.31. The van der Waals surface area contributed by atoms with Crippen molar-refractivity contribution in [3.63, 3.8) is 0 Å². The first-order valence-corrected chi connectivity index (χ1v) is 5.31. The molecule has 0 spiro atoms. The van der Waals surface area contributed by atoms with E-state index < -0.39 is 17.7 Å². The van der Waals surface area contributed by atoms with Gasteiger partial charge in [-0.05, 0) is 38.5 Å². The molecule has 17 heavy (non-hydrogen) atoms. The lowest BCUT2D eigenvalue weighted by Gasteiger charge is -2.19. The second-order valence-electron chi connectivity index (χ2n) is 4.70. The summed E-state index contributed by atoms with van der Waals surface area (Å²) in [4.78, 5) is 11.8. The zero-order valence-corrected chi connectivity index (χ0v) is 10.2. The van der Waals surface area contributed by atoms with E-state index in [2.05, 4.69) is 5.92 Å². The Morgan fingerprint density at radius 1 is 1.47 bits per heavy atom. The molecule has 1 aromatic carbocycles. The van der Waals surface area contributed by atoms with Crippen molar-refractivity contribution < 1.29 is 14.6 Å². The van der Waals surface area contributed by atoms with Crippen molar-refractivity contribution in [1.82, 2.24) is 0 Å². The SMILES string of the molecule is C#CC(O)c1cccc(C(=O)OC(C)(C)C)c1. The summed E-state index contributed by atoms with van der Waals surface area (Å²) >= 11 is 0. The van der Waals surface area contributed by atoms with Gasteiger partial charge >= 0.3 is 5.97 Å². The van der Waals surface area contributed by atoms with Crippen LogP contribution in [0.5, 0.6) is 0 Å². The van der Waals surface area contributed by atoms with Gasteiger partial charge in [0.15, 0.2) is 0 Å². The minimum atomic E-state index is -1.00. The zero-order valence-electron chi connectivity index (χ0n) is 10.2. The second-order valence-corrected chi connectivity index (χ2v) is 4.70. The Bertz CT molecular complexity index is 449. The molecule has 3 nitrogen and oxygen atoms in total. The Morgan fingerprint density at radius 2 is 2.12 bits per heavy atom. The van der Waals surface area contributed by atoms with Crippen LogP contribution in [0.25, 0.3) is 0 Å². The van der Waals surface area contributed by atoms with Crippen LogP contribution in [0.4, 0.5) is 0 Å². The molecule has 0 bridgehead atoms. The Balaban J connectivity index is 2.93. The molecule has 1 atom stereocenters. The van der Waals surface area contributed by atoms with Crippen LogP contribution in [0.2, 0.25) is 0 Å². The van der Waals surface area contributed by atoms with Gasteiger partial charge in [0, 0.05) is 0 Å². The van der Waals surface area contributed by atoms with E-state index in [9.17, 15) is 9.90 Å². The Morgan fingerprint density at radius 3 is 2.65 bits per heavy atom. The van der Waals surface area contributed by atoms with E-state index in [1.165, 1.54) is 0 Å². The number of hydrogen-bond acceptors (Lipinski definition) is 3. The normalized spacial score (nSPS) is 12.6. The molecule has 1 unspecified atom stereocenters. The number of esters is 1. The molecule has 0 fully saturated rings. The monoisotopic (exact) mass is 232 g/mol. The van der Waals surface area contributed by atoms with Crippen molar-refractivity contribution in [3.8, 4) is 12.3 Å². The summed E-state index contributed by atoms with van der Waals surface area (Å²) in [7, 11) is 0. The minimum Gasteiger partial charge on any atom is -0.456 e. The first kappa shape index (κ1) is 13.3. The second kappa shape index (κ2) is 5.03. The number of carbonyl (C=O) groups excluding carboxylic acids is 1. The summed E-state index contributed by atoms with van der Waals surface area (Å²) in [6.45, 7) is 5.39. The lowest BCUT2D eigenvalue weighted by Crippen LogP contribution is -2.23. The fourth-order valence-electron chi connectivity index (χ4n) is 1.27. The molecule has 0 heterocycles. The van der Waals surface area contributed by atoms with Crippen molar-refractivity contribution in [2.24, 2.45) is 0 Å². The molecule has 0 radical (unpaired) electrons. The molecule has 3 heteroatoms. The van der Waals surface area contributed by atoms with Crippen molar-refractivity contribution in [3.05, 3.63) is 35.4 Å². The van der Waals surface area contributed by atoms with Crippen LogP contribution in [-0.4, -0.2) is 16.7 Å². The quantitative estimate of drug-likeness (QED) is 0.628. The zero-order chi connectivity index (χ0) is 13.1. The number of carbonyl (C=O) groups is 1. The van der Waals surface area contributed by atoms with E-state index >= 15 is 0 Å². The predicted molar refractivity (Wildman–Crippen MR) is 65.4 cm³/mol. The summed E-state index contributed by atoms with van der Waals surface area (Å²) < 4.78 is 5.22. The van der Waals surface area contributed by atoms with Gasteiger partial charge in [0.25, 0.3) is 0 Å². The fraction of sp³-hybridized carbons (Fsp3) is 0.357. The van der Waals surface area contributed by atoms with Crippen molar-refractivity contribution in [2.75, 3.05) is 0 Å². The van der Waals surface area contributed by atoms with Crippen LogP contribution < -0.4 is 0 Å². The molecular formula is C14H16O3. The molecule has 0 amide bonds. The van der Waals surface area contributed by atoms with Gasteiger partial charge < -0.3 is 9.84 Å². The number of hydrogen-bond donors (Lipinski definition) is 1. The smallest absolute Gasteiger partial charge is 0.338 e. The fourth-order valence-corrected chi connectivity index (χ4v) is 1.27. The molecule has 0 saturated heterocycles. The highest BCUT2D eigenvalue weighted by Crippen LogP contribution is 2.16. The van der Waals surface area contributed by atoms with Crippen LogP contribution in [0.3, 0.4) is 0 Å². The third kappa shape index (κ3) is 3.93. The van der Waals surface area contributed by atoms with Crippen LogP contribution in [0.1, 0.15) is 42.8 Å². The van der Waals surface area contributed by atoms with Gasteiger partial charge in [0.05, 0.1) is 5.56 Å². The number of aliphatic hydroxyl groups is 1. The molecule has 1 N–H and O–H groups in total. The maximum absolute atomic E-state index is 11.8. The number of ether oxygens (including phenoxy) is 1. The maximum Gasteiger partial charge on any atom is 0.338 e. The molecular weight excluding hydrogens is 216 g/mol. The molecule has 1 rings (SSSR count). The van der Waals surface area contributed by atoms with Crippen LogP contribution in [0, 0.1) is 12.3 Å². The van der Waals surface area contributed by atoms with Gasteiger partial charge in [-0.25, -0.2) is 4.79 Å². The predicted octanol–water partition coefficient (Wildman–Crippen LogP) is 2.31. The molecule has 90 valence electrons. The summed E-state index contributed by atoms with van der Waals surface area (Å²) in [6, 6.07) is 6.49. The minimum absolute atomic E-state index is 0.381. The van der Waals surface area contributed by atoms with E-state index in [0.717, 1.165) is 0 Å². The van der Waals surface area contributed by atoms with Crippen LogP contribution >= 0.6 is 0 Å². The lowest BCUT2D eigenvalue weighted by molar-refractivity contribution is 0.00693. The average molecular weight is 232 g/mol. The number of terminal acetylenes is 1. The largest absolute Gasteiger partial charge is 0.456 e. The molecule has 0 aliphatic carbocycles. The van der Waals surface area contributed by atoms with Gasteiger partial charge in [-0.2, -0.15) is 0 Å². The van der Waals surface area contributed by atoms with E-state index in [1.54, 1.807) is 45.0 Å². The Kier molecular flexibility index (Phi) is 3.93. The third-order valence-electron chi connectivity index (χ3n) is 1.99. The number of benzene rings is 1. The summed E-state index contributed by atoms with van der Waals surface area (Å²) in [6.07, 6.45) is 4.11. The highest BCUT2D eigenvalue weighted by atomic mass is 16.6. The van der Waals surface area contributed by atoms with E-state index in [0.29, 0.717) is 11.1 Å². The third-order valence-corrected chi connectivity index (χ3v) is 1.99. The van der Waals surface area contributed by atoms with Gasteiger partial charge in [-0.1, -0.05) is 18.1 Å². The van der Waals surface area contributed by atoms with Crippen molar-refractivity contribution in [1.29, 1.82) is 0 Å². The molecule has 0 aliphatic heterocycles. The Labute approximate surface area is 101 Å². The van der Waals surface area contributed by atoms with Crippen LogP contribution in [0.15, 0.2) is 24.3 Å². The van der Waals surface area contributed by atoms with Crippen LogP contribution in [-0.2, 0) is 4.74 Å². The average Bonchev–Trinajstić information content (AvgIpc) is 2.26. The number of rotatable bonds is 2. The highest BCUT2D eigenvalue weighted by Gasteiger charge is 2.18. The Hall–Kier alpha value is -1.79. The maximum atomic E-state index is 11.8. The summed E-state index contributed by atoms with van der Waals surface area (Å²) in [5.41, 5.74) is 0.347. The van der Waals surface area contributed by atoms with Gasteiger partial charge in [-0.15, -0.1) is 6.42 Å². The van der Waals surface area contributed by atoms with Crippen molar-refractivity contribution >= 4 is 5.97 Å². The van der Waals surface area contributed by atoms with E-state index in [1.807, 2.05) is 0 Å². The van der Waals surface area contributed by atoms with Crippen molar-refractivity contribution in [2.45, 2.75) is 32.5 Å². The first-order chi connectivity index (χ1) is 7.83.